The third kappa shape index (κ3) is 2.44. The van der Waals surface area contributed by atoms with E-state index in [0.29, 0.717) is 5.39 Å². The van der Waals surface area contributed by atoms with Crippen LogP contribution in [0.4, 0.5) is 10.1 Å². The first-order valence-corrected chi connectivity index (χ1v) is 6.38. The summed E-state index contributed by atoms with van der Waals surface area (Å²) in [5.41, 5.74) is 0.806. The molecule has 0 saturated heterocycles. The van der Waals surface area contributed by atoms with E-state index in [0.717, 1.165) is 11.9 Å². The molecule has 1 heterocycles. The molecule has 3 rings (SSSR count). The van der Waals surface area contributed by atoms with Crippen LogP contribution in [-0.4, -0.2) is 14.9 Å². The van der Waals surface area contributed by atoms with Gasteiger partial charge in [0.25, 0.3) is 5.69 Å². The normalized spacial score (nSPS) is 10.6. The lowest BCUT2D eigenvalue weighted by molar-refractivity contribution is -0.383. The van der Waals surface area contributed by atoms with Crippen LogP contribution in [0.3, 0.4) is 0 Å². The summed E-state index contributed by atoms with van der Waals surface area (Å²) in [5.74, 6) is -0.465. The van der Waals surface area contributed by atoms with Gasteiger partial charge in [0.2, 0.25) is 5.88 Å². The van der Waals surface area contributed by atoms with Crippen molar-refractivity contribution in [3.05, 3.63) is 64.2 Å². The lowest BCUT2D eigenvalue weighted by atomic mass is 10.2. The summed E-state index contributed by atoms with van der Waals surface area (Å²) in [6.07, 6.45) is 1.15. The zero-order chi connectivity index (χ0) is 15.7. The lowest BCUT2D eigenvalue weighted by Gasteiger charge is -2.08. The molecule has 0 aliphatic heterocycles. The predicted octanol–water partition coefficient (Wildman–Crippen LogP) is 3.78. The molecule has 0 aliphatic rings. The molecule has 0 N–H and O–H groups in total. The summed E-state index contributed by atoms with van der Waals surface area (Å²) in [6.45, 7) is 1.80. The van der Waals surface area contributed by atoms with Gasteiger partial charge in [0.15, 0.2) is 17.1 Å². The SMILES string of the molecule is Cc1ccc(F)c(Oc2ncnc3c([N+](=O)[O-])cccc23)c1. The van der Waals surface area contributed by atoms with Crippen molar-refractivity contribution in [2.24, 2.45) is 0 Å². The fourth-order valence-electron chi connectivity index (χ4n) is 2.07. The molecule has 0 radical (unpaired) electrons. The van der Waals surface area contributed by atoms with Crippen LogP contribution in [0.15, 0.2) is 42.7 Å². The average Bonchev–Trinajstić information content (AvgIpc) is 2.50. The average molecular weight is 299 g/mol. The maximum absolute atomic E-state index is 13.8. The van der Waals surface area contributed by atoms with Crippen LogP contribution < -0.4 is 4.74 Å². The van der Waals surface area contributed by atoms with Crippen molar-refractivity contribution in [2.45, 2.75) is 6.92 Å². The highest BCUT2D eigenvalue weighted by atomic mass is 19.1. The van der Waals surface area contributed by atoms with Gasteiger partial charge in [-0.1, -0.05) is 12.1 Å². The number of para-hydroxylation sites is 1. The molecule has 0 aliphatic carbocycles. The predicted molar refractivity (Wildman–Crippen MR) is 77.4 cm³/mol. The molecule has 0 unspecified atom stereocenters. The topological polar surface area (TPSA) is 78.2 Å². The van der Waals surface area contributed by atoms with E-state index in [1.165, 1.54) is 24.3 Å². The van der Waals surface area contributed by atoms with E-state index >= 15 is 0 Å². The summed E-state index contributed by atoms with van der Waals surface area (Å²) < 4.78 is 19.3. The molecular weight excluding hydrogens is 289 g/mol. The lowest BCUT2D eigenvalue weighted by Crippen LogP contribution is -1.96. The van der Waals surface area contributed by atoms with Crippen LogP contribution in [0, 0.1) is 22.9 Å². The van der Waals surface area contributed by atoms with Crippen LogP contribution in [0.2, 0.25) is 0 Å². The zero-order valence-electron chi connectivity index (χ0n) is 11.5. The van der Waals surface area contributed by atoms with Crippen molar-refractivity contribution >= 4 is 16.6 Å². The molecule has 2 aromatic carbocycles. The molecule has 3 aromatic rings. The summed E-state index contributed by atoms with van der Waals surface area (Å²) in [4.78, 5) is 18.4. The summed E-state index contributed by atoms with van der Waals surface area (Å²) >= 11 is 0. The number of benzene rings is 2. The van der Waals surface area contributed by atoms with E-state index in [2.05, 4.69) is 9.97 Å². The highest BCUT2D eigenvalue weighted by Gasteiger charge is 2.17. The van der Waals surface area contributed by atoms with E-state index in [9.17, 15) is 14.5 Å². The Morgan fingerprint density at radius 2 is 2.05 bits per heavy atom. The van der Waals surface area contributed by atoms with Crippen LogP contribution in [0.25, 0.3) is 10.9 Å². The molecule has 0 amide bonds. The number of halogens is 1. The van der Waals surface area contributed by atoms with Gasteiger partial charge in [0.05, 0.1) is 10.3 Å². The maximum atomic E-state index is 13.8. The van der Waals surface area contributed by atoms with Crippen LogP contribution in [-0.2, 0) is 0 Å². The molecular formula is C15H10FN3O3. The number of nitrogens with zero attached hydrogens (tertiary/aromatic N) is 3. The van der Waals surface area contributed by atoms with Crippen LogP contribution >= 0.6 is 0 Å². The van der Waals surface area contributed by atoms with Crippen molar-refractivity contribution < 1.29 is 14.1 Å². The fraction of sp³-hybridized carbons (Fsp3) is 0.0667. The number of hydrogen-bond donors (Lipinski definition) is 0. The molecule has 6 nitrogen and oxygen atoms in total. The quantitative estimate of drug-likeness (QED) is 0.543. The number of hydrogen-bond acceptors (Lipinski definition) is 5. The van der Waals surface area contributed by atoms with E-state index in [1.807, 2.05) is 0 Å². The first-order chi connectivity index (χ1) is 10.6. The minimum absolute atomic E-state index is 0.00602. The number of nitro benzene ring substituents is 1. The first-order valence-electron chi connectivity index (χ1n) is 6.38. The molecule has 0 fully saturated rings. The molecule has 1 aromatic heterocycles. The largest absolute Gasteiger partial charge is 0.435 e. The molecule has 110 valence electrons. The minimum Gasteiger partial charge on any atom is -0.435 e. The highest BCUT2D eigenvalue weighted by Crippen LogP contribution is 2.32. The van der Waals surface area contributed by atoms with Crippen molar-refractivity contribution in [3.8, 4) is 11.6 Å². The number of ether oxygens (including phenoxy) is 1. The number of aromatic nitrogens is 2. The molecule has 22 heavy (non-hydrogen) atoms. The van der Waals surface area contributed by atoms with E-state index in [4.69, 9.17) is 4.74 Å². The Kier molecular flexibility index (Phi) is 3.38. The third-order valence-corrected chi connectivity index (χ3v) is 3.10. The van der Waals surface area contributed by atoms with Gasteiger partial charge in [0.1, 0.15) is 6.33 Å². The van der Waals surface area contributed by atoms with Crippen molar-refractivity contribution in [1.29, 1.82) is 0 Å². The Morgan fingerprint density at radius 3 is 2.82 bits per heavy atom. The molecule has 0 atom stereocenters. The van der Waals surface area contributed by atoms with Crippen LogP contribution in [0.1, 0.15) is 5.56 Å². The number of rotatable bonds is 3. The number of nitro groups is 1. The van der Waals surface area contributed by atoms with Crippen LogP contribution in [0.5, 0.6) is 11.6 Å². The van der Waals surface area contributed by atoms with Crippen molar-refractivity contribution in [1.82, 2.24) is 9.97 Å². The Bertz CT molecular complexity index is 883. The number of non-ortho nitro benzene ring substituents is 1. The van der Waals surface area contributed by atoms with Gasteiger partial charge in [0, 0.05) is 6.07 Å². The second kappa shape index (κ2) is 5.36. The van der Waals surface area contributed by atoms with E-state index < -0.39 is 10.7 Å². The maximum Gasteiger partial charge on any atom is 0.295 e. The second-order valence-electron chi connectivity index (χ2n) is 4.65. The van der Waals surface area contributed by atoms with Gasteiger partial charge >= 0.3 is 0 Å². The van der Waals surface area contributed by atoms with E-state index in [-0.39, 0.29) is 22.8 Å². The molecule has 0 bridgehead atoms. The zero-order valence-corrected chi connectivity index (χ0v) is 11.5. The fourth-order valence-corrected chi connectivity index (χ4v) is 2.07. The Hall–Kier alpha value is -3.09. The standard InChI is InChI=1S/C15H10FN3O3/c1-9-5-6-11(16)13(7-9)22-15-10-3-2-4-12(19(20)21)14(10)17-8-18-15/h2-8H,1H3. The Morgan fingerprint density at radius 1 is 1.23 bits per heavy atom. The molecule has 0 saturated carbocycles. The third-order valence-electron chi connectivity index (χ3n) is 3.10. The van der Waals surface area contributed by atoms with Gasteiger partial charge in [-0.05, 0) is 30.7 Å². The van der Waals surface area contributed by atoms with Gasteiger partial charge in [-0.15, -0.1) is 0 Å². The number of aryl methyl sites for hydroxylation is 1. The summed E-state index contributed by atoms with van der Waals surface area (Å²) in [5, 5.41) is 11.4. The van der Waals surface area contributed by atoms with Gasteiger partial charge in [-0.3, -0.25) is 10.1 Å². The Balaban J connectivity index is 2.14. The summed E-state index contributed by atoms with van der Waals surface area (Å²) in [7, 11) is 0. The minimum atomic E-state index is -0.539. The monoisotopic (exact) mass is 299 g/mol. The highest BCUT2D eigenvalue weighted by molar-refractivity contribution is 5.90. The van der Waals surface area contributed by atoms with Gasteiger partial charge in [-0.25, -0.2) is 14.4 Å². The summed E-state index contributed by atoms with van der Waals surface area (Å²) in [6, 6.07) is 8.86. The smallest absolute Gasteiger partial charge is 0.295 e. The second-order valence-corrected chi connectivity index (χ2v) is 4.65. The Labute approximate surface area is 124 Å². The van der Waals surface area contributed by atoms with Gasteiger partial charge in [-0.2, -0.15) is 0 Å². The number of fused-ring (bicyclic) bond motifs is 1. The van der Waals surface area contributed by atoms with Crippen molar-refractivity contribution in [2.75, 3.05) is 0 Å². The van der Waals surface area contributed by atoms with Crippen molar-refractivity contribution in [3.63, 3.8) is 0 Å². The molecule has 0 spiro atoms. The van der Waals surface area contributed by atoms with E-state index in [1.54, 1.807) is 19.1 Å². The molecule has 7 heteroatoms. The van der Waals surface area contributed by atoms with Gasteiger partial charge < -0.3 is 4.74 Å². The first kappa shape index (κ1) is 13.9.